The van der Waals surface area contributed by atoms with Crippen molar-refractivity contribution in [2.75, 3.05) is 13.7 Å². The van der Waals surface area contributed by atoms with Gasteiger partial charge in [0, 0.05) is 6.54 Å². The van der Waals surface area contributed by atoms with E-state index in [9.17, 15) is 4.79 Å². The number of nitrogens with two attached hydrogens (primary N) is 1. The van der Waals surface area contributed by atoms with Crippen molar-refractivity contribution in [1.82, 2.24) is 0 Å². The molecule has 1 aromatic carbocycles. The molecular weight excluding hydrogens is 178 g/mol. The first-order valence-corrected chi connectivity index (χ1v) is 4.32. The molecule has 1 rings (SSSR count). The fourth-order valence-corrected chi connectivity index (χ4v) is 1.08. The van der Waals surface area contributed by atoms with E-state index in [1.807, 2.05) is 30.3 Å². The standard InChI is InChI=1S/C11H13NO2/c1-14-11(13)10(8-12)7-9-5-3-2-4-6-9/h2-7H,8,12H2,1H3/b10-7+. The van der Waals surface area contributed by atoms with Crippen LogP contribution in [-0.2, 0) is 9.53 Å². The van der Waals surface area contributed by atoms with Crippen LogP contribution in [0, 0.1) is 0 Å². The first kappa shape index (κ1) is 10.5. The molecule has 0 amide bonds. The number of carbonyl (C=O) groups is 1. The summed E-state index contributed by atoms with van der Waals surface area (Å²) in [5.41, 5.74) is 6.84. The Balaban J connectivity index is 2.89. The largest absolute Gasteiger partial charge is 0.466 e. The number of methoxy groups -OCH3 is 1. The van der Waals surface area contributed by atoms with Gasteiger partial charge in [-0.05, 0) is 11.6 Å². The molecule has 1 aromatic rings. The van der Waals surface area contributed by atoms with Crippen molar-refractivity contribution in [3.8, 4) is 0 Å². The summed E-state index contributed by atoms with van der Waals surface area (Å²) in [4.78, 5) is 11.2. The van der Waals surface area contributed by atoms with Crippen molar-refractivity contribution in [2.45, 2.75) is 0 Å². The number of rotatable bonds is 3. The number of hydrogen-bond acceptors (Lipinski definition) is 3. The van der Waals surface area contributed by atoms with E-state index in [2.05, 4.69) is 4.74 Å². The topological polar surface area (TPSA) is 52.3 Å². The summed E-state index contributed by atoms with van der Waals surface area (Å²) in [5, 5.41) is 0. The molecule has 0 bridgehead atoms. The van der Waals surface area contributed by atoms with Gasteiger partial charge in [0.2, 0.25) is 0 Å². The highest BCUT2D eigenvalue weighted by molar-refractivity contribution is 5.94. The molecule has 3 nitrogen and oxygen atoms in total. The van der Waals surface area contributed by atoms with E-state index in [1.165, 1.54) is 7.11 Å². The molecule has 3 heteroatoms. The van der Waals surface area contributed by atoms with Crippen LogP contribution in [0.2, 0.25) is 0 Å². The van der Waals surface area contributed by atoms with E-state index in [-0.39, 0.29) is 12.5 Å². The van der Waals surface area contributed by atoms with Crippen molar-refractivity contribution in [3.63, 3.8) is 0 Å². The Bertz CT molecular complexity index is 330. The molecule has 0 heterocycles. The lowest BCUT2D eigenvalue weighted by Crippen LogP contribution is -2.13. The highest BCUT2D eigenvalue weighted by atomic mass is 16.5. The van der Waals surface area contributed by atoms with Crippen LogP contribution in [0.4, 0.5) is 0 Å². The van der Waals surface area contributed by atoms with Gasteiger partial charge in [-0.25, -0.2) is 4.79 Å². The minimum absolute atomic E-state index is 0.182. The van der Waals surface area contributed by atoms with Gasteiger partial charge in [0.1, 0.15) is 0 Å². The highest BCUT2D eigenvalue weighted by Gasteiger charge is 2.06. The maximum atomic E-state index is 11.2. The second kappa shape index (κ2) is 5.19. The zero-order valence-electron chi connectivity index (χ0n) is 8.07. The summed E-state index contributed by atoms with van der Waals surface area (Å²) in [6, 6.07) is 9.52. The van der Waals surface area contributed by atoms with E-state index in [1.54, 1.807) is 6.08 Å². The monoisotopic (exact) mass is 191 g/mol. The van der Waals surface area contributed by atoms with E-state index in [0.29, 0.717) is 5.57 Å². The molecule has 74 valence electrons. The van der Waals surface area contributed by atoms with E-state index in [4.69, 9.17) is 5.73 Å². The van der Waals surface area contributed by atoms with Crippen LogP contribution in [0.1, 0.15) is 5.56 Å². The lowest BCUT2D eigenvalue weighted by Gasteiger charge is -2.01. The van der Waals surface area contributed by atoms with Crippen LogP contribution in [0.15, 0.2) is 35.9 Å². The van der Waals surface area contributed by atoms with Crippen molar-refractivity contribution in [2.24, 2.45) is 5.73 Å². The van der Waals surface area contributed by atoms with Crippen molar-refractivity contribution in [1.29, 1.82) is 0 Å². The second-order valence-corrected chi connectivity index (χ2v) is 2.78. The van der Waals surface area contributed by atoms with Crippen LogP contribution in [-0.4, -0.2) is 19.6 Å². The highest BCUT2D eigenvalue weighted by Crippen LogP contribution is 2.06. The fraction of sp³-hybridized carbons (Fsp3) is 0.182. The zero-order chi connectivity index (χ0) is 10.4. The van der Waals surface area contributed by atoms with Crippen molar-refractivity contribution in [3.05, 3.63) is 41.5 Å². The molecule has 0 aliphatic carbocycles. The van der Waals surface area contributed by atoms with Gasteiger partial charge in [0.15, 0.2) is 0 Å². The molecule has 0 fully saturated rings. The number of benzene rings is 1. The smallest absolute Gasteiger partial charge is 0.335 e. The van der Waals surface area contributed by atoms with Gasteiger partial charge in [-0.2, -0.15) is 0 Å². The van der Waals surface area contributed by atoms with Crippen LogP contribution in [0.3, 0.4) is 0 Å². The Hall–Kier alpha value is -1.61. The third-order valence-corrected chi connectivity index (χ3v) is 1.81. The maximum Gasteiger partial charge on any atom is 0.335 e. The molecule has 0 aromatic heterocycles. The Labute approximate surface area is 83.2 Å². The third-order valence-electron chi connectivity index (χ3n) is 1.81. The van der Waals surface area contributed by atoms with Crippen LogP contribution >= 0.6 is 0 Å². The van der Waals surface area contributed by atoms with E-state index < -0.39 is 0 Å². The summed E-state index contributed by atoms with van der Waals surface area (Å²) in [7, 11) is 1.34. The summed E-state index contributed by atoms with van der Waals surface area (Å²) in [6.07, 6.45) is 1.73. The Kier molecular flexibility index (Phi) is 3.88. The Morgan fingerprint density at radius 2 is 2.07 bits per heavy atom. The summed E-state index contributed by atoms with van der Waals surface area (Å²) >= 11 is 0. The Morgan fingerprint density at radius 1 is 1.43 bits per heavy atom. The average molecular weight is 191 g/mol. The quantitative estimate of drug-likeness (QED) is 0.577. The SMILES string of the molecule is COC(=O)/C(=C/c1ccccc1)CN. The van der Waals surface area contributed by atoms with Gasteiger partial charge in [-0.15, -0.1) is 0 Å². The molecule has 0 saturated heterocycles. The van der Waals surface area contributed by atoms with Crippen LogP contribution in [0.25, 0.3) is 6.08 Å². The fourth-order valence-electron chi connectivity index (χ4n) is 1.08. The molecule has 0 atom stereocenters. The van der Waals surface area contributed by atoms with Gasteiger partial charge >= 0.3 is 5.97 Å². The maximum absolute atomic E-state index is 11.2. The van der Waals surface area contributed by atoms with Crippen molar-refractivity contribution < 1.29 is 9.53 Å². The lowest BCUT2D eigenvalue weighted by atomic mass is 10.1. The number of ether oxygens (including phenoxy) is 1. The summed E-state index contributed by atoms with van der Waals surface area (Å²) < 4.78 is 4.59. The van der Waals surface area contributed by atoms with Crippen molar-refractivity contribution >= 4 is 12.0 Å². The predicted molar refractivity (Wildman–Crippen MR) is 55.5 cm³/mol. The first-order valence-electron chi connectivity index (χ1n) is 4.32. The molecule has 0 aliphatic heterocycles. The number of esters is 1. The predicted octanol–water partition coefficient (Wildman–Crippen LogP) is 1.20. The molecule has 14 heavy (non-hydrogen) atoms. The minimum Gasteiger partial charge on any atom is -0.466 e. The van der Waals surface area contributed by atoms with Crippen LogP contribution in [0.5, 0.6) is 0 Å². The minimum atomic E-state index is -0.378. The molecule has 0 saturated carbocycles. The van der Waals surface area contributed by atoms with Gasteiger partial charge in [0.05, 0.1) is 12.7 Å². The summed E-state index contributed by atoms with van der Waals surface area (Å²) in [6.45, 7) is 0.182. The molecule has 0 unspecified atom stereocenters. The summed E-state index contributed by atoms with van der Waals surface area (Å²) in [5.74, 6) is -0.378. The van der Waals surface area contributed by atoms with E-state index >= 15 is 0 Å². The molecule has 0 spiro atoms. The normalized spacial score (nSPS) is 11.1. The third kappa shape index (κ3) is 2.71. The molecule has 2 N–H and O–H groups in total. The second-order valence-electron chi connectivity index (χ2n) is 2.78. The van der Waals surface area contributed by atoms with Gasteiger partial charge in [-0.1, -0.05) is 30.3 Å². The molecule has 0 aliphatic rings. The van der Waals surface area contributed by atoms with Gasteiger partial charge in [0.25, 0.3) is 0 Å². The Morgan fingerprint density at radius 3 is 2.57 bits per heavy atom. The average Bonchev–Trinajstić information content (AvgIpc) is 2.26. The van der Waals surface area contributed by atoms with Gasteiger partial charge < -0.3 is 10.5 Å². The molecular formula is C11H13NO2. The van der Waals surface area contributed by atoms with Crippen LogP contribution < -0.4 is 5.73 Å². The zero-order valence-corrected chi connectivity index (χ0v) is 8.07. The van der Waals surface area contributed by atoms with Gasteiger partial charge in [-0.3, -0.25) is 0 Å². The number of hydrogen-bond donors (Lipinski definition) is 1. The number of carbonyl (C=O) groups excluding carboxylic acids is 1. The van der Waals surface area contributed by atoms with E-state index in [0.717, 1.165) is 5.56 Å². The first-order chi connectivity index (χ1) is 6.77. The molecule has 0 radical (unpaired) electrons. The lowest BCUT2D eigenvalue weighted by molar-refractivity contribution is -0.136.